The molecule has 7 nitrogen and oxygen atoms in total. The maximum absolute atomic E-state index is 12.9. The number of nitrogens with zero attached hydrogens (tertiary/aromatic N) is 4. The maximum atomic E-state index is 12.9. The van der Waals surface area contributed by atoms with Crippen molar-refractivity contribution in [2.45, 2.75) is 33.0 Å². The fourth-order valence-electron chi connectivity index (χ4n) is 3.31. The molecule has 0 saturated carbocycles. The molecule has 1 aliphatic rings. The summed E-state index contributed by atoms with van der Waals surface area (Å²) in [6.45, 7) is 6.88. The molecule has 1 aromatic heterocycles. The zero-order valence-corrected chi connectivity index (χ0v) is 16.7. The number of rotatable bonds is 6. The normalized spacial score (nSPS) is 15.8. The average molecular weight is 416 g/mol. The molecule has 0 N–H and O–H groups in total. The number of carbonyl (C=O) groups is 2. The van der Waals surface area contributed by atoms with Gasteiger partial charge in [-0.3, -0.25) is 19.3 Å². The molecule has 2 rings (SSSR count). The summed E-state index contributed by atoms with van der Waals surface area (Å²) >= 11 is 0. The molecule has 2 heterocycles. The summed E-state index contributed by atoms with van der Waals surface area (Å²) in [5, 5.41) is 0. The van der Waals surface area contributed by atoms with Gasteiger partial charge in [-0.25, -0.2) is 0 Å². The first-order valence-corrected chi connectivity index (χ1v) is 9.71. The van der Waals surface area contributed by atoms with Crippen molar-refractivity contribution in [2.24, 2.45) is 0 Å². The average Bonchev–Trinajstić information content (AvgIpc) is 2.89. The number of alkyl halides is 3. The van der Waals surface area contributed by atoms with Crippen molar-refractivity contribution in [3.63, 3.8) is 0 Å². The number of carbonyl (C=O) groups excluding carboxylic acids is 2. The molecule has 0 atom stereocenters. The van der Waals surface area contributed by atoms with Crippen LogP contribution in [-0.2, 0) is 22.3 Å². The lowest BCUT2D eigenvalue weighted by molar-refractivity contribution is -0.138. The topological polar surface area (TPSA) is 65.9 Å². The molecule has 0 unspecified atom stereocenters. The Hall–Kier alpha value is -2.36. The summed E-state index contributed by atoms with van der Waals surface area (Å²) in [6.07, 6.45) is -3.26. The Morgan fingerprint density at radius 1 is 1.03 bits per heavy atom. The summed E-state index contributed by atoms with van der Waals surface area (Å²) in [4.78, 5) is 41.9. The van der Waals surface area contributed by atoms with E-state index < -0.39 is 29.8 Å². The van der Waals surface area contributed by atoms with E-state index in [1.165, 1.54) is 4.90 Å². The number of pyridine rings is 1. The Labute approximate surface area is 167 Å². The Bertz CT molecular complexity index is 775. The molecule has 2 amide bonds. The number of hydrogen-bond donors (Lipinski definition) is 0. The fourth-order valence-corrected chi connectivity index (χ4v) is 3.31. The second kappa shape index (κ2) is 9.91. The van der Waals surface area contributed by atoms with Gasteiger partial charge in [-0.15, -0.1) is 0 Å². The van der Waals surface area contributed by atoms with Gasteiger partial charge >= 0.3 is 6.18 Å². The first kappa shape index (κ1) is 22.9. The van der Waals surface area contributed by atoms with Gasteiger partial charge in [-0.05, 0) is 26.3 Å². The van der Waals surface area contributed by atoms with E-state index in [4.69, 9.17) is 0 Å². The van der Waals surface area contributed by atoms with E-state index in [1.54, 1.807) is 4.90 Å². The molecule has 10 heteroatoms. The van der Waals surface area contributed by atoms with Crippen LogP contribution < -0.4 is 5.56 Å². The largest absolute Gasteiger partial charge is 0.417 e. The summed E-state index contributed by atoms with van der Waals surface area (Å²) in [6, 6.07) is 1.53. The Morgan fingerprint density at radius 2 is 1.72 bits per heavy atom. The van der Waals surface area contributed by atoms with Crippen LogP contribution in [0.5, 0.6) is 0 Å². The molecule has 0 radical (unpaired) electrons. The molecule has 29 heavy (non-hydrogen) atoms. The molecule has 1 saturated heterocycles. The number of aromatic nitrogens is 1. The third kappa shape index (κ3) is 6.31. The predicted molar refractivity (Wildman–Crippen MR) is 101 cm³/mol. The maximum Gasteiger partial charge on any atom is 0.417 e. The van der Waals surface area contributed by atoms with Crippen LogP contribution in [0.2, 0.25) is 0 Å². The van der Waals surface area contributed by atoms with Crippen molar-refractivity contribution in [3.8, 4) is 0 Å². The van der Waals surface area contributed by atoms with Gasteiger partial charge in [0.2, 0.25) is 11.8 Å². The van der Waals surface area contributed by atoms with Crippen molar-refractivity contribution in [1.29, 1.82) is 0 Å². The number of amides is 2. The van der Waals surface area contributed by atoms with E-state index in [0.717, 1.165) is 10.6 Å². The Kier molecular flexibility index (Phi) is 7.83. The third-order valence-corrected chi connectivity index (χ3v) is 5.03. The highest BCUT2D eigenvalue weighted by atomic mass is 19.4. The fraction of sp³-hybridized carbons (Fsp3) is 0.632. The lowest BCUT2D eigenvalue weighted by Gasteiger charge is -2.25. The molecule has 0 aromatic carbocycles. The smallest absolute Gasteiger partial charge is 0.342 e. The SMILES string of the molecule is CCN(CC)C(=O)CN1CCCN(C(=O)Cn2cc(C(F)(F)F)ccc2=O)CC1. The molecule has 0 aliphatic carbocycles. The van der Waals surface area contributed by atoms with Crippen LogP contribution in [0.3, 0.4) is 0 Å². The van der Waals surface area contributed by atoms with E-state index in [2.05, 4.69) is 0 Å². The molecule has 1 aliphatic heterocycles. The minimum absolute atomic E-state index is 0.0327. The molecule has 1 aromatic rings. The highest BCUT2D eigenvalue weighted by Gasteiger charge is 2.31. The van der Waals surface area contributed by atoms with Crippen molar-refractivity contribution in [1.82, 2.24) is 19.3 Å². The van der Waals surface area contributed by atoms with E-state index in [9.17, 15) is 27.6 Å². The van der Waals surface area contributed by atoms with E-state index >= 15 is 0 Å². The van der Waals surface area contributed by atoms with Gasteiger partial charge in [-0.2, -0.15) is 13.2 Å². The number of hydrogen-bond acceptors (Lipinski definition) is 4. The highest BCUT2D eigenvalue weighted by molar-refractivity contribution is 5.78. The Morgan fingerprint density at radius 3 is 2.34 bits per heavy atom. The molecular formula is C19H27F3N4O3. The molecular weight excluding hydrogens is 389 g/mol. The first-order valence-electron chi connectivity index (χ1n) is 9.71. The Balaban J connectivity index is 1.98. The minimum Gasteiger partial charge on any atom is -0.342 e. The van der Waals surface area contributed by atoms with Crippen LogP contribution >= 0.6 is 0 Å². The van der Waals surface area contributed by atoms with Gasteiger partial charge in [0.1, 0.15) is 6.54 Å². The number of likely N-dealkylation sites (N-methyl/N-ethyl adjacent to an activating group) is 1. The van der Waals surface area contributed by atoms with Gasteiger partial charge in [0, 0.05) is 51.5 Å². The highest BCUT2D eigenvalue weighted by Crippen LogP contribution is 2.28. The monoisotopic (exact) mass is 416 g/mol. The summed E-state index contributed by atoms with van der Waals surface area (Å²) in [5.41, 5.74) is -1.63. The molecule has 0 bridgehead atoms. The van der Waals surface area contributed by atoms with Gasteiger partial charge in [0.25, 0.3) is 5.56 Å². The van der Waals surface area contributed by atoms with Crippen LogP contribution in [0, 0.1) is 0 Å². The second-order valence-corrected chi connectivity index (χ2v) is 6.96. The van der Waals surface area contributed by atoms with Crippen molar-refractivity contribution < 1.29 is 22.8 Å². The van der Waals surface area contributed by atoms with Gasteiger partial charge < -0.3 is 14.4 Å². The van der Waals surface area contributed by atoms with Crippen molar-refractivity contribution in [3.05, 3.63) is 34.2 Å². The lowest BCUT2D eigenvalue weighted by Crippen LogP contribution is -2.42. The summed E-state index contributed by atoms with van der Waals surface area (Å²) in [7, 11) is 0. The van der Waals surface area contributed by atoms with Crippen molar-refractivity contribution in [2.75, 3.05) is 45.8 Å². The van der Waals surface area contributed by atoms with Crippen LogP contribution in [-0.4, -0.2) is 76.9 Å². The zero-order valence-electron chi connectivity index (χ0n) is 16.7. The van der Waals surface area contributed by atoms with Crippen LogP contribution in [0.1, 0.15) is 25.8 Å². The molecule has 1 fully saturated rings. The quantitative estimate of drug-likeness (QED) is 0.701. The summed E-state index contributed by atoms with van der Waals surface area (Å²) < 4.78 is 39.3. The first-order chi connectivity index (χ1) is 13.7. The second-order valence-electron chi connectivity index (χ2n) is 6.96. The van der Waals surface area contributed by atoms with Crippen LogP contribution in [0.25, 0.3) is 0 Å². The van der Waals surface area contributed by atoms with E-state index in [0.29, 0.717) is 58.0 Å². The van der Waals surface area contributed by atoms with E-state index in [-0.39, 0.29) is 12.5 Å². The lowest BCUT2D eigenvalue weighted by atomic mass is 10.2. The molecule has 162 valence electrons. The predicted octanol–water partition coefficient (Wildman–Crippen LogP) is 1.27. The van der Waals surface area contributed by atoms with Gasteiger partial charge in [0.05, 0.1) is 12.1 Å². The number of halogens is 3. The van der Waals surface area contributed by atoms with E-state index in [1.807, 2.05) is 18.7 Å². The third-order valence-electron chi connectivity index (χ3n) is 5.03. The van der Waals surface area contributed by atoms with Crippen LogP contribution in [0.4, 0.5) is 13.2 Å². The van der Waals surface area contributed by atoms with Gasteiger partial charge in [0.15, 0.2) is 0 Å². The van der Waals surface area contributed by atoms with Crippen molar-refractivity contribution >= 4 is 11.8 Å². The van der Waals surface area contributed by atoms with Crippen LogP contribution in [0.15, 0.2) is 23.1 Å². The zero-order chi connectivity index (χ0) is 21.6. The molecule has 0 spiro atoms. The summed E-state index contributed by atoms with van der Waals surface area (Å²) in [5.74, 6) is -0.381. The van der Waals surface area contributed by atoms with Gasteiger partial charge in [-0.1, -0.05) is 0 Å². The standard InChI is InChI=1S/C19H27F3N4O3/c1-3-24(4-2)17(28)13-23-8-5-9-25(11-10-23)18(29)14-26-12-15(19(20,21)22)6-7-16(26)27/h6-7,12H,3-5,8-11,13-14H2,1-2H3. The minimum atomic E-state index is -4.58.